The lowest BCUT2D eigenvalue weighted by Gasteiger charge is -2.50. The molecular formula is C17H22ClNO3. The Morgan fingerprint density at radius 2 is 2.14 bits per heavy atom. The summed E-state index contributed by atoms with van der Waals surface area (Å²) in [6, 6.07) is 7.67. The van der Waals surface area contributed by atoms with Gasteiger partial charge in [-0.3, -0.25) is 4.79 Å². The maximum Gasteiger partial charge on any atom is 0.223 e. The number of methoxy groups -OCH3 is 1. The number of carbonyl (C=O) groups is 1. The summed E-state index contributed by atoms with van der Waals surface area (Å²) in [6.07, 6.45) is 2.31. The fourth-order valence-electron chi connectivity index (χ4n) is 3.41. The third-order valence-corrected chi connectivity index (χ3v) is 5.03. The van der Waals surface area contributed by atoms with E-state index >= 15 is 0 Å². The molecule has 1 aromatic carbocycles. The molecule has 0 aromatic heterocycles. The summed E-state index contributed by atoms with van der Waals surface area (Å²) in [5.74, 6) is 0.616. The highest BCUT2D eigenvalue weighted by Gasteiger charge is 2.54. The zero-order valence-electron chi connectivity index (χ0n) is 12.9. The second-order valence-electron chi connectivity index (χ2n) is 6.23. The van der Waals surface area contributed by atoms with E-state index in [9.17, 15) is 4.79 Å². The molecule has 22 heavy (non-hydrogen) atoms. The van der Waals surface area contributed by atoms with E-state index < -0.39 is 0 Å². The number of carbonyl (C=O) groups excluding carboxylic acids is 1. The van der Waals surface area contributed by atoms with Gasteiger partial charge in [0.05, 0.1) is 19.7 Å². The SMILES string of the molecule is COC[C@H]1CCOC12CN(C(=O)CCc1ccc(Cl)cc1)C2. The second kappa shape index (κ2) is 6.57. The first-order valence-corrected chi connectivity index (χ1v) is 8.16. The monoisotopic (exact) mass is 323 g/mol. The first kappa shape index (κ1) is 15.8. The van der Waals surface area contributed by atoms with Crippen molar-refractivity contribution < 1.29 is 14.3 Å². The minimum atomic E-state index is -0.147. The molecule has 2 aliphatic heterocycles. The zero-order valence-corrected chi connectivity index (χ0v) is 13.6. The number of benzene rings is 1. The summed E-state index contributed by atoms with van der Waals surface area (Å²) in [6.45, 7) is 2.91. The van der Waals surface area contributed by atoms with Crippen LogP contribution in [0.1, 0.15) is 18.4 Å². The standard InChI is InChI=1S/C17H22ClNO3/c1-21-10-14-8-9-22-17(14)11-19(12-17)16(20)7-4-13-2-5-15(18)6-3-13/h2-3,5-6,14H,4,7-12H2,1H3/t14-/m1/s1. The van der Waals surface area contributed by atoms with E-state index in [1.165, 1.54) is 0 Å². The van der Waals surface area contributed by atoms with Gasteiger partial charge in [-0.2, -0.15) is 0 Å². The van der Waals surface area contributed by atoms with Crippen molar-refractivity contribution in [2.45, 2.75) is 24.9 Å². The summed E-state index contributed by atoms with van der Waals surface area (Å²) < 4.78 is 11.2. The Kier molecular flexibility index (Phi) is 4.71. The summed E-state index contributed by atoms with van der Waals surface area (Å²) in [5, 5.41) is 0.724. The van der Waals surface area contributed by atoms with Crippen molar-refractivity contribution in [1.29, 1.82) is 0 Å². The van der Waals surface area contributed by atoms with Gasteiger partial charge in [0, 0.05) is 31.1 Å². The lowest BCUT2D eigenvalue weighted by atomic mass is 9.81. The Morgan fingerprint density at radius 1 is 1.41 bits per heavy atom. The quantitative estimate of drug-likeness (QED) is 0.836. The molecule has 4 nitrogen and oxygen atoms in total. The van der Waals surface area contributed by atoms with E-state index in [-0.39, 0.29) is 11.5 Å². The molecule has 120 valence electrons. The third kappa shape index (κ3) is 3.14. The molecule has 1 spiro atoms. The molecule has 3 rings (SSSR count). The van der Waals surface area contributed by atoms with Crippen molar-refractivity contribution >= 4 is 17.5 Å². The van der Waals surface area contributed by atoms with E-state index in [1.807, 2.05) is 29.2 Å². The van der Waals surface area contributed by atoms with Gasteiger partial charge in [0.2, 0.25) is 5.91 Å². The Labute approximate surface area is 136 Å². The molecule has 1 aromatic rings. The van der Waals surface area contributed by atoms with Crippen molar-refractivity contribution in [1.82, 2.24) is 4.90 Å². The molecule has 0 bridgehead atoms. The van der Waals surface area contributed by atoms with Crippen molar-refractivity contribution in [3.8, 4) is 0 Å². The lowest BCUT2D eigenvalue weighted by Crippen LogP contribution is -2.66. The third-order valence-electron chi connectivity index (χ3n) is 4.78. The Morgan fingerprint density at radius 3 is 2.82 bits per heavy atom. The fourth-order valence-corrected chi connectivity index (χ4v) is 3.53. The largest absolute Gasteiger partial charge is 0.384 e. The maximum absolute atomic E-state index is 12.3. The topological polar surface area (TPSA) is 38.8 Å². The number of ether oxygens (including phenoxy) is 2. The van der Waals surface area contributed by atoms with Gasteiger partial charge in [0.15, 0.2) is 0 Å². The molecule has 1 atom stereocenters. The fraction of sp³-hybridized carbons (Fsp3) is 0.588. The molecule has 2 heterocycles. The smallest absolute Gasteiger partial charge is 0.223 e. The van der Waals surface area contributed by atoms with Gasteiger partial charge in [-0.25, -0.2) is 0 Å². The van der Waals surface area contributed by atoms with Crippen LogP contribution in [-0.4, -0.2) is 49.8 Å². The predicted molar refractivity (Wildman–Crippen MR) is 85.0 cm³/mol. The number of rotatable bonds is 5. The van der Waals surface area contributed by atoms with Crippen LogP contribution in [0.3, 0.4) is 0 Å². The number of amides is 1. The molecule has 2 saturated heterocycles. The van der Waals surface area contributed by atoms with Crippen LogP contribution in [0.4, 0.5) is 0 Å². The van der Waals surface area contributed by atoms with E-state index in [2.05, 4.69) is 0 Å². The molecule has 0 saturated carbocycles. The van der Waals surface area contributed by atoms with Gasteiger partial charge in [-0.1, -0.05) is 23.7 Å². The molecule has 2 fully saturated rings. The summed E-state index contributed by atoms with van der Waals surface area (Å²) >= 11 is 5.87. The molecule has 5 heteroatoms. The number of nitrogens with zero attached hydrogens (tertiary/aromatic N) is 1. The number of halogens is 1. The number of aryl methyl sites for hydroxylation is 1. The van der Waals surface area contributed by atoms with Crippen molar-refractivity contribution in [3.05, 3.63) is 34.9 Å². The summed E-state index contributed by atoms with van der Waals surface area (Å²) in [7, 11) is 1.72. The van der Waals surface area contributed by atoms with Crippen molar-refractivity contribution in [2.75, 3.05) is 33.4 Å². The van der Waals surface area contributed by atoms with Crippen LogP contribution in [0.2, 0.25) is 5.02 Å². The second-order valence-corrected chi connectivity index (χ2v) is 6.67. The Hall–Kier alpha value is -1.10. The molecule has 0 radical (unpaired) electrons. The van der Waals surface area contributed by atoms with Gasteiger partial charge in [-0.05, 0) is 30.5 Å². The molecule has 1 amide bonds. The number of hydrogen-bond donors (Lipinski definition) is 0. The summed E-state index contributed by atoms with van der Waals surface area (Å²) in [5.41, 5.74) is 0.994. The molecule has 0 N–H and O–H groups in total. The molecular weight excluding hydrogens is 302 g/mol. The minimum Gasteiger partial charge on any atom is -0.384 e. The average Bonchev–Trinajstić information content (AvgIpc) is 2.89. The van der Waals surface area contributed by atoms with Crippen LogP contribution < -0.4 is 0 Å². The highest BCUT2D eigenvalue weighted by atomic mass is 35.5. The number of hydrogen-bond acceptors (Lipinski definition) is 3. The average molecular weight is 324 g/mol. The first-order valence-electron chi connectivity index (χ1n) is 7.78. The van der Waals surface area contributed by atoms with Crippen LogP contribution in [0, 0.1) is 5.92 Å². The van der Waals surface area contributed by atoms with Gasteiger partial charge < -0.3 is 14.4 Å². The Balaban J connectivity index is 1.48. The van der Waals surface area contributed by atoms with Crippen LogP contribution in [0.5, 0.6) is 0 Å². The molecule has 2 aliphatic rings. The minimum absolute atomic E-state index is 0.147. The van der Waals surface area contributed by atoms with Crippen molar-refractivity contribution in [2.24, 2.45) is 5.92 Å². The van der Waals surface area contributed by atoms with Crippen LogP contribution in [-0.2, 0) is 20.7 Å². The molecule has 0 unspecified atom stereocenters. The summed E-state index contributed by atoms with van der Waals surface area (Å²) in [4.78, 5) is 14.2. The van der Waals surface area contributed by atoms with Gasteiger partial charge in [0.25, 0.3) is 0 Å². The van der Waals surface area contributed by atoms with Gasteiger partial charge in [0.1, 0.15) is 5.60 Å². The zero-order chi connectivity index (χ0) is 15.6. The van der Waals surface area contributed by atoms with E-state index in [0.29, 0.717) is 32.0 Å². The van der Waals surface area contributed by atoms with E-state index in [4.69, 9.17) is 21.1 Å². The Bertz CT molecular complexity index is 525. The van der Waals surface area contributed by atoms with Crippen molar-refractivity contribution in [3.63, 3.8) is 0 Å². The van der Waals surface area contributed by atoms with Gasteiger partial charge in [-0.15, -0.1) is 0 Å². The maximum atomic E-state index is 12.3. The first-order chi connectivity index (χ1) is 10.6. The highest BCUT2D eigenvalue weighted by molar-refractivity contribution is 6.30. The van der Waals surface area contributed by atoms with E-state index in [1.54, 1.807) is 7.11 Å². The lowest BCUT2D eigenvalue weighted by molar-refractivity contribution is -0.168. The van der Waals surface area contributed by atoms with Crippen LogP contribution in [0.25, 0.3) is 0 Å². The normalized spacial score (nSPS) is 22.8. The van der Waals surface area contributed by atoms with E-state index in [0.717, 1.165) is 30.0 Å². The van der Waals surface area contributed by atoms with Crippen LogP contribution in [0.15, 0.2) is 24.3 Å². The molecule has 0 aliphatic carbocycles. The number of likely N-dealkylation sites (tertiary alicyclic amines) is 1. The van der Waals surface area contributed by atoms with Crippen LogP contribution >= 0.6 is 11.6 Å². The predicted octanol–water partition coefficient (Wildman–Crippen LogP) is 2.54. The van der Waals surface area contributed by atoms with Gasteiger partial charge >= 0.3 is 0 Å². The highest BCUT2D eigenvalue weighted by Crippen LogP contribution is 2.40.